The van der Waals surface area contributed by atoms with Crippen LogP contribution >= 0.6 is 0 Å². The van der Waals surface area contributed by atoms with Crippen molar-refractivity contribution in [3.63, 3.8) is 0 Å². The van der Waals surface area contributed by atoms with Crippen molar-refractivity contribution in [2.24, 2.45) is 5.92 Å². The zero-order valence-corrected chi connectivity index (χ0v) is 22.2. The normalized spacial score (nSPS) is 20.9. The highest BCUT2D eigenvalue weighted by molar-refractivity contribution is 6.01. The van der Waals surface area contributed by atoms with Gasteiger partial charge < -0.3 is 10.2 Å². The molecule has 2 aliphatic rings. The van der Waals surface area contributed by atoms with E-state index in [2.05, 4.69) is 48.3 Å². The van der Waals surface area contributed by atoms with Gasteiger partial charge in [-0.25, -0.2) is 4.39 Å². The van der Waals surface area contributed by atoms with Gasteiger partial charge in [-0.2, -0.15) is 0 Å². The molecule has 0 aromatic heterocycles. The summed E-state index contributed by atoms with van der Waals surface area (Å²) >= 11 is 0. The lowest BCUT2D eigenvalue weighted by Crippen LogP contribution is -2.53. The molecule has 2 fully saturated rings. The Kier molecular flexibility index (Phi) is 8.01. The summed E-state index contributed by atoms with van der Waals surface area (Å²) in [5.74, 6) is -0.462. The van der Waals surface area contributed by atoms with E-state index in [1.165, 1.54) is 17.7 Å². The number of likely N-dealkylation sites (tertiary alicyclic amines) is 1. The van der Waals surface area contributed by atoms with Gasteiger partial charge in [0.1, 0.15) is 5.82 Å². The van der Waals surface area contributed by atoms with E-state index < -0.39 is 0 Å². The molecule has 0 saturated carbocycles. The van der Waals surface area contributed by atoms with E-state index in [1.807, 2.05) is 29.2 Å². The van der Waals surface area contributed by atoms with Crippen molar-refractivity contribution >= 4 is 11.7 Å². The van der Waals surface area contributed by atoms with E-state index in [-0.39, 0.29) is 23.4 Å². The molecule has 0 bridgehead atoms. The van der Waals surface area contributed by atoms with E-state index in [1.54, 1.807) is 12.1 Å². The van der Waals surface area contributed by atoms with Gasteiger partial charge in [-0.3, -0.25) is 14.5 Å². The molecule has 3 aromatic rings. The van der Waals surface area contributed by atoms with Gasteiger partial charge in [0.15, 0.2) is 5.78 Å². The van der Waals surface area contributed by atoms with Crippen LogP contribution < -0.4 is 5.32 Å². The molecule has 1 amide bonds. The van der Waals surface area contributed by atoms with Gasteiger partial charge >= 0.3 is 0 Å². The molecule has 198 valence electrons. The summed E-state index contributed by atoms with van der Waals surface area (Å²) in [5.41, 5.74) is 4.45. The number of piperidine rings is 1. The molecule has 2 saturated heterocycles. The van der Waals surface area contributed by atoms with Crippen LogP contribution in [0.5, 0.6) is 0 Å². The highest BCUT2D eigenvalue weighted by Crippen LogP contribution is 2.28. The summed E-state index contributed by atoms with van der Waals surface area (Å²) in [6.45, 7) is 8.52. The van der Waals surface area contributed by atoms with E-state index in [4.69, 9.17) is 0 Å². The van der Waals surface area contributed by atoms with Gasteiger partial charge in [0.25, 0.3) is 5.91 Å². The van der Waals surface area contributed by atoms with Crippen molar-refractivity contribution in [1.82, 2.24) is 15.1 Å². The lowest BCUT2D eigenvalue weighted by molar-refractivity contribution is 0.0651. The summed E-state index contributed by atoms with van der Waals surface area (Å²) in [7, 11) is 0. The van der Waals surface area contributed by atoms with Gasteiger partial charge in [0.05, 0.1) is 0 Å². The lowest BCUT2D eigenvalue weighted by atomic mass is 9.88. The Morgan fingerprint density at radius 2 is 1.50 bits per heavy atom. The Bertz CT molecular complexity index is 1260. The predicted molar refractivity (Wildman–Crippen MR) is 149 cm³/mol. The van der Waals surface area contributed by atoms with E-state index in [0.29, 0.717) is 49.1 Å². The molecule has 6 heteroatoms. The number of hydrogen-bond acceptors (Lipinski definition) is 4. The minimum Gasteiger partial charge on any atom is -0.339 e. The van der Waals surface area contributed by atoms with Crippen molar-refractivity contribution in [3.8, 4) is 11.1 Å². The van der Waals surface area contributed by atoms with Crippen molar-refractivity contribution in [1.29, 1.82) is 0 Å². The van der Waals surface area contributed by atoms with E-state index >= 15 is 0 Å². The van der Waals surface area contributed by atoms with Crippen molar-refractivity contribution < 1.29 is 14.0 Å². The topological polar surface area (TPSA) is 52.7 Å². The third-order valence-electron chi connectivity index (χ3n) is 7.74. The molecule has 38 heavy (non-hydrogen) atoms. The van der Waals surface area contributed by atoms with Crippen LogP contribution in [0, 0.1) is 11.7 Å². The van der Waals surface area contributed by atoms with Crippen LogP contribution in [-0.4, -0.2) is 59.8 Å². The predicted octanol–water partition coefficient (Wildman–Crippen LogP) is 5.41. The molecule has 0 radical (unpaired) electrons. The molecule has 5 rings (SSSR count). The number of ketones is 1. The number of nitrogens with zero attached hydrogens (tertiary/aromatic N) is 2. The molecule has 0 aliphatic carbocycles. The van der Waals surface area contributed by atoms with E-state index in [9.17, 15) is 14.0 Å². The average molecular weight is 514 g/mol. The number of nitrogens with one attached hydrogen (secondary N) is 1. The lowest BCUT2D eigenvalue weighted by Gasteiger charge is -2.36. The molecule has 2 aliphatic heterocycles. The molecular formula is C32H36FN3O2. The van der Waals surface area contributed by atoms with Gasteiger partial charge in [0.2, 0.25) is 0 Å². The van der Waals surface area contributed by atoms with Gasteiger partial charge in [0, 0.05) is 61.9 Å². The maximum Gasteiger partial charge on any atom is 0.254 e. The second kappa shape index (κ2) is 11.6. The number of halogens is 1. The fourth-order valence-corrected chi connectivity index (χ4v) is 5.90. The maximum absolute atomic E-state index is 13.6. The number of piperazine rings is 1. The molecule has 5 nitrogen and oxygen atoms in total. The molecule has 2 atom stereocenters. The molecule has 1 N–H and O–H groups in total. The maximum atomic E-state index is 13.6. The second-order valence-electron chi connectivity index (χ2n) is 10.8. The molecule has 0 unspecified atom stereocenters. The first kappa shape index (κ1) is 26.3. The number of carbonyl (C=O) groups excluding carboxylic acids is 2. The summed E-state index contributed by atoms with van der Waals surface area (Å²) in [5, 5.41) is 3.58. The number of carbonyl (C=O) groups is 2. The Hall–Kier alpha value is -3.35. The SMILES string of the molecule is C[C@@H]1CN(Cc2ccc(-c3ccccc3C(=O)N3CCC(C(=O)c4ccc(F)cc4)CC3)cc2)C[C@H](C)N1. The standard InChI is InChI=1S/C32H36FN3O2/c1-22-19-35(20-23(2)34-22)21-24-7-9-25(10-8-24)29-5-3-4-6-30(29)32(38)36-17-15-27(16-18-36)31(37)26-11-13-28(33)14-12-26/h3-14,22-23,27,34H,15-21H2,1-2H3/t22-,23+. The Balaban J connectivity index is 1.24. The smallest absolute Gasteiger partial charge is 0.254 e. The Morgan fingerprint density at radius 3 is 2.16 bits per heavy atom. The van der Waals surface area contributed by atoms with Crippen LogP contribution in [0.25, 0.3) is 11.1 Å². The first-order chi connectivity index (χ1) is 18.4. The fourth-order valence-electron chi connectivity index (χ4n) is 5.90. The number of hydrogen-bond donors (Lipinski definition) is 1. The zero-order chi connectivity index (χ0) is 26.6. The Morgan fingerprint density at radius 1 is 0.868 bits per heavy atom. The summed E-state index contributed by atoms with van der Waals surface area (Å²) in [4.78, 5) is 30.8. The monoisotopic (exact) mass is 513 g/mol. The molecular weight excluding hydrogens is 477 g/mol. The third-order valence-corrected chi connectivity index (χ3v) is 7.74. The zero-order valence-electron chi connectivity index (χ0n) is 22.2. The minimum atomic E-state index is -0.348. The third kappa shape index (κ3) is 6.03. The number of amides is 1. The number of benzene rings is 3. The average Bonchev–Trinajstić information content (AvgIpc) is 2.93. The van der Waals surface area contributed by atoms with Gasteiger partial charge in [-0.15, -0.1) is 0 Å². The van der Waals surface area contributed by atoms with Crippen molar-refractivity contribution in [2.75, 3.05) is 26.2 Å². The Labute approximate surface area is 224 Å². The van der Waals surface area contributed by atoms with E-state index in [0.717, 1.165) is 30.8 Å². The van der Waals surface area contributed by atoms with Crippen molar-refractivity contribution in [3.05, 3.63) is 95.3 Å². The van der Waals surface area contributed by atoms with Crippen LogP contribution in [0.1, 0.15) is 53.0 Å². The number of rotatable bonds is 6. The minimum absolute atomic E-state index is 0.00106. The van der Waals surface area contributed by atoms with Gasteiger partial charge in [-0.05, 0) is 73.7 Å². The highest BCUT2D eigenvalue weighted by Gasteiger charge is 2.29. The van der Waals surface area contributed by atoms with Crippen LogP contribution in [0.2, 0.25) is 0 Å². The quantitative estimate of drug-likeness (QED) is 0.448. The van der Waals surface area contributed by atoms with Crippen LogP contribution in [0.15, 0.2) is 72.8 Å². The molecule has 2 heterocycles. The highest BCUT2D eigenvalue weighted by atomic mass is 19.1. The van der Waals surface area contributed by atoms with Crippen LogP contribution in [0.3, 0.4) is 0 Å². The second-order valence-corrected chi connectivity index (χ2v) is 10.8. The fraction of sp³-hybridized carbons (Fsp3) is 0.375. The summed E-state index contributed by atoms with van der Waals surface area (Å²) in [6.07, 6.45) is 1.23. The first-order valence-electron chi connectivity index (χ1n) is 13.6. The first-order valence-corrected chi connectivity index (χ1v) is 13.6. The van der Waals surface area contributed by atoms with Crippen LogP contribution in [-0.2, 0) is 6.54 Å². The summed E-state index contributed by atoms with van der Waals surface area (Å²) < 4.78 is 13.2. The van der Waals surface area contributed by atoms with Gasteiger partial charge in [-0.1, -0.05) is 42.5 Å². The summed E-state index contributed by atoms with van der Waals surface area (Å²) in [6, 6.07) is 23.0. The molecule has 3 aromatic carbocycles. The number of Topliss-reactive ketones (excluding diaryl/α,β-unsaturated/α-hetero) is 1. The van der Waals surface area contributed by atoms with Crippen LogP contribution in [0.4, 0.5) is 4.39 Å². The molecule has 0 spiro atoms. The van der Waals surface area contributed by atoms with Crippen molar-refractivity contribution in [2.45, 2.75) is 45.3 Å². The largest absolute Gasteiger partial charge is 0.339 e.